The summed E-state index contributed by atoms with van der Waals surface area (Å²) in [7, 11) is 4.05. The number of aliphatic hydroxyl groups is 1. The van der Waals surface area contributed by atoms with Gasteiger partial charge in [-0.25, -0.2) is 9.97 Å². The monoisotopic (exact) mass is 492 g/mol. The van der Waals surface area contributed by atoms with Crippen LogP contribution >= 0.6 is 0 Å². The summed E-state index contributed by atoms with van der Waals surface area (Å²) in [4.78, 5) is 15.1. The first-order chi connectivity index (χ1) is 17.4. The van der Waals surface area contributed by atoms with E-state index in [9.17, 15) is 5.11 Å². The molecule has 2 N–H and O–H groups in total. The number of aromatic nitrogens is 3. The third-order valence-corrected chi connectivity index (χ3v) is 7.51. The van der Waals surface area contributed by atoms with E-state index in [1.54, 1.807) is 7.05 Å². The van der Waals surface area contributed by atoms with Crippen molar-refractivity contribution in [1.82, 2.24) is 25.3 Å². The van der Waals surface area contributed by atoms with E-state index in [0.717, 1.165) is 52.7 Å². The highest BCUT2D eigenvalue weighted by Gasteiger charge is 2.38. The highest BCUT2D eigenvalue weighted by atomic mass is 16.5. The SMILES string of the molecule is CNCC(O)COc1cccc(-c2nc(-c3c(C)noc3C)c(C)c(N3CC4CCC(C3)N4C)n2)c1. The van der Waals surface area contributed by atoms with Crippen LogP contribution in [0.5, 0.6) is 5.75 Å². The summed E-state index contributed by atoms with van der Waals surface area (Å²) in [6.07, 6.45) is 1.87. The number of hydrogen-bond donors (Lipinski definition) is 2. The number of benzene rings is 1. The van der Waals surface area contributed by atoms with Crippen LogP contribution in [0.1, 0.15) is 29.9 Å². The first-order valence-corrected chi connectivity index (χ1v) is 12.7. The molecule has 192 valence electrons. The highest BCUT2D eigenvalue weighted by molar-refractivity contribution is 5.75. The normalized spacial score (nSPS) is 20.7. The standard InChI is InChI=1S/C27H36N6O3/c1-16-25(24-17(2)31-36-18(24)3)29-26(19-7-6-8-23(11-19)35-15-22(34)12-28-4)30-27(16)33-13-20-9-10-21(14-33)32(20)5/h6-8,11,20-22,28,34H,9-10,12-15H2,1-5H3. The maximum atomic E-state index is 10.0. The van der Waals surface area contributed by atoms with Crippen LogP contribution in [-0.2, 0) is 0 Å². The Morgan fingerprint density at radius 1 is 1.17 bits per heavy atom. The van der Waals surface area contributed by atoms with Gasteiger partial charge in [0.05, 0.1) is 17.0 Å². The zero-order valence-electron chi connectivity index (χ0n) is 21.8. The van der Waals surface area contributed by atoms with Crippen molar-refractivity contribution in [1.29, 1.82) is 0 Å². The van der Waals surface area contributed by atoms with E-state index >= 15 is 0 Å². The Bertz CT molecular complexity index is 1190. The summed E-state index contributed by atoms with van der Waals surface area (Å²) in [5.41, 5.74) is 4.51. The fourth-order valence-corrected chi connectivity index (χ4v) is 5.50. The Labute approximate surface area is 212 Å². The zero-order chi connectivity index (χ0) is 25.4. The van der Waals surface area contributed by atoms with E-state index in [2.05, 4.69) is 34.2 Å². The van der Waals surface area contributed by atoms with Gasteiger partial charge in [-0.3, -0.25) is 4.90 Å². The number of piperazine rings is 1. The molecular weight excluding hydrogens is 456 g/mol. The molecule has 5 rings (SSSR count). The first-order valence-electron chi connectivity index (χ1n) is 12.7. The number of nitrogens with zero attached hydrogens (tertiary/aromatic N) is 5. The van der Waals surface area contributed by atoms with Crippen LogP contribution in [0.3, 0.4) is 0 Å². The van der Waals surface area contributed by atoms with Gasteiger partial charge < -0.3 is 24.6 Å². The molecule has 0 saturated carbocycles. The summed E-state index contributed by atoms with van der Waals surface area (Å²) in [5, 5.41) is 17.2. The topological polar surface area (TPSA) is 99.8 Å². The van der Waals surface area contributed by atoms with Crippen molar-refractivity contribution in [2.45, 2.75) is 51.8 Å². The van der Waals surface area contributed by atoms with Gasteiger partial charge in [0.2, 0.25) is 0 Å². The number of nitrogens with one attached hydrogen (secondary N) is 1. The van der Waals surface area contributed by atoms with Gasteiger partial charge in [0.15, 0.2) is 5.82 Å². The lowest BCUT2D eigenvalue weighted by Crippen LogP contribution is -2.52. The van der Waals surface area contributed by atoms with Crippen LogP contribution in [0, 0.1) is 20.8 Å². The van der Waals surface area contributed by atoms with Crippen LogP contribution in [0.15, 0.2) is 28.8 Å². The minimum absolute atomic E-state index is 0.207. The Hall–Kier alpha value is -3.01. The van der Waals surface area contributed by atoms with Crippen molar-refractivity contribution >= 4 is 5.82 Å². The Morgan fingerprint density at radius 3 is 2.58 bits per heavy atom. The lowest BCUT2D eigenvalue weighted by atomic mass is 10.0. The maximum Gasteiger partial charge on any atom is 0.162 e. The van der Waals surface area contributed by atoms with Crippen LogP contribution in [0.2, 0.25) is 0 Å². The predicted octanol–water partition coefficient (Wildman–Crippen LogP) is 2.97. The van der Waals surface area contributed by atoms with Crippen molar-refractivity contribution in [3.8, 4) is 28.4 Å². The lowest BCUT2D eigenvalue weighted by Gasteiger charge is -2.40. The van der Waals surface area contributed by atoms with E-state index in [1.807, 2.05) is 38.1 Å². The molecule has 3 atom stereocenters. The number of likely N-dealkylation sites (N-methyl/N-ethyl adjacent to an activating group) is 2. The largest absolute Gasteiger partial charge is 0.491 e. The van der Waals surface area contributed by atoms with Crippen LogP contribution in [0.4, 0.5) is 5.82 Å². The molecule has 0 aliphatic carbocycles. The molecule has 2 aliphatic heterocycles. The average molecular weight is 493 g/mol. The van der Waals surface area contributed by atoms with E-state index in [0.29, 0.717) is 30.2 Å². The highest BCUT2D eigenvalue weighted by Crippen LogP contribution is 2.37. The summed E-state index contributed by atoms with van der Waals surface area (Å²) in [5.74, 6) is 3.03. The molecule has 0 radical (unpaired) electrons. The first kappa shape index (κ1) is 24.7. The fraction of sp³-hybridized carbons (Fsp3) is 0.519. The molecule has 3 aromatic rings. The van der Waals surface area contributed by atoms with E-state index < -0.39 is 6.10 Å². The molecule has 0 amide bonds. The van der Waals surface area contributed by atoms with Crippen molar-refractivity contribution in [3.05, 3.63) is 41.3 Å². The molecule has 2 fully saturated rings. The average Bonchev–Trinajstić information content (AvgIpc) is 3.28. The molecule has 4 heterocycles. The minimum Gasteiger partial charge on any atom is -0.491 e. The second-order valence-corrected chi connectivity index (χ2v) is 10.0. The van der Waals surface area contributed by atoms with Crippen LogP contribution in [-0.4, -0.2) is 83.7 Å². The maximum absolute atomic E-state index is 10.0. The molecule has 9 nitrogen and oxygen atoms in total. The second kappa shape index (κ2) is 10.2. The van der Waals surface area contributed by atoms with Gasteiger partial charge in [-0.2, -0.15) is 0 Å². The number of fused-ring (bicyclic) bond motifs is 2. The van der Waals surface area contributed by atoms with Gasteiger partial charge in [0, 0.05) is 42.8 Å². The summed E-state index contributed by atoms with van der Waals surface area (Å²) >= 11 is 0. The second-order valence-electron chi connectivity index (χ2n) is 10.0. The zero-order valence-corrected chi connectivity index (χ0v) is 21.8. The molecule has 2 aliphatic rings. The Kier molecular flexibility index (Phi) is 6.96. The van der Waals surface area contributed by atoms with Gasteiger partial charge >= 0.3 is 0 Å². The number of ether oxygens (including phenoxy) is 1. The molecule has 1 aromatic carbocycles. The van der Waals surface area contributed by atoms with E-state index in [-0.39, 0.29) is 6.61 Å². The lowest BCUT2D eigenvalue weighted by molar-refractivity contribution is 0.108. The molecule has 0 spiro atoms. The molecule has 36 heavy (non-hydrogen) atoms. The molecular formula is C27H36N6O3. The smallest absolute Gasteiger partial charge is 0.162 e. The number of anilines is 1. The molecule has 9 heteroatoms. The van der Waals surface area contributed by atoms with Crippen molar-refractivity contribution in [2.75, 3.05) is 45.2 Å². The quantitative estimate of drug-likeness (QED) is 0.492. The van der Waals surface area contributed by atoms with Crippen molar-refractivity contribution in [2.24, 2.45) is 0 Å². The number of hydrogen-bond acceptors (Lipinski definition) is 9. The molecule has 2 saturated heterocycles. The summed E-state index contributed by atoms with van der Waals surface area (Å²) in [6, 6.07) is 8.85. The third kappa shape index (κ3) is 4.70. The van der Waals surface area contributed by atoms with Crippen LogP contribution < -0.4 is 15.0 Å². The minimum atomic E-state index is -0.584. The molecule has 3 unspecified atom stereocenters. The fourth-order valence-electron chi connectivity index (χ4n) is 5.50. The number of aliphatic hydroxyl groups excluding tert-OH is 1. The summed E-state index contributed by atoms with van der Waals surface area (Å²) < 4.78 is 11.4. The van der Waals surface area contributed by atoms with Crippen LogP contribution in [0.25, 0.3) is 22.6 Å². The van der Waals surface area contributed by atoms with Crippen molar-refractivity contribution in [3.63, 3.8) is 0 Å². The Morgan fingerprint density at radius 2 is 1.92 bits per heavy atom. The number of rotatable bonds is 8. The summed E-state index contributed by atoms with van der Waals surface area (Å²) in [6.45, 7) is 8.57. The van der Waals surface area contributed by atoms with Gasteiger partial charge in [-0.1, -0.05) is 17.3 Å². The third-order valence-electron chi connectivity index (χ3n) is 7.51. The predicted molar refractivity (Wildman–Crippen MR) is 139 cm³/mol. The molecule has 2 bridgehead atoms. The Balaban J connectivity index is 1.55. The molecule has 2 aromatic heterocycles. The number of aryl methyl sites for hydroxylation is 2. The van der Waals surface area contributed by atoms with E-state index in [1.165, 1.54) is 12.8 Å². The van der Waals surface area contributed by atoms with Gasteiger partial charge in [0.1, 0.15) is 30.0 Å². The van der Waals surface area contributed by atoms with Gasteiger partial charge in [-0.05, 0) is 59.8 Å². The van der Waals surface area contributed by atoms with Gasteiger partial charge in [-0.15, -0.1) is 0 Å². The van der Waals surface area contributed by atoms with Crippen molar-refractivity contribution < 1.29 is 14.4 Å². The van der Waals surface area contributed by atoms with E-state index in [4.69, 9.17) is 19.2 Å². The van der Waals surface area contributed by atoms with Gasteiger partial charge in [0.25, 0.3) is 0 Å².